The van der Waals surface area contributed by atoms with Crippen molar-refractivity contribution in [3.05, 3.63) is 51.8 Å². The Hall–Kier alpha value is -1.13. The van der Waals surface area contributed by atoms with E-state index in [1.807, 2.05) is 10.7 Å². The molecule has 1 aromatic carbocycles. The molecule has 0 bridgehead atoms. The molecule has 1 aliphatic carbocycles. The topological polar surface area (TPSA) is 38.0 Å². The van der Waals surface area contributed by atoms with E-state index in [0.717, 1.165) is 16.6 Å². The second kappa shape index (κ2) is 4.76. The highest BCUT2D eigenvalue weighted by Crippen LogP contribution is 2.45. The summed E-state index contributed by atoms with van der Waals surface area (Å²) in [5.41, 5.74) is 3.49. The number of rotatable bonds is 3. The summed E-state index contributed by atoms with van der Waals surface area (Å²) in [6.45, 7) is 4.15. The molecule has 0 fully saturated rings. The van der Waals surface area contributed by atoms with Crippen LogP contribution in [0.15, 0.2) is 34.9 Å². The zero-order valence-electron chi connectivity index (χ0n) is 11.0. The lowest BCUT2D eigenvalue weighted by molar-refractivity contribution is 0.122. The highest BCUT2D eigenvalue weighted by atomic mass is 79.9. The highest BCUT2D eigenvalue weighted by molar-refractivity contribution is 9.10. The number of aromatic nitrogens is 2. The van der Waals surface area contributed by atoms with Crippen molar-refractivity contribution in [1.29, 1.82) is 0 Å². The number of nitrogens with zero attached hydrogens (tertiary/aromatic N) is 2. The van der Waals surface area contributed by atoms with Gasteiger partial charge in [0.05, 0.1) is 16.4 Å². The van der Waals surface area contributed by atoms with Crippen LogP contribution < -0.4 is 0 Å². The van der Waals surface area contributed by atoms with Crippen LogP contribution in [0.25, 0.3) is 0 Å². The summed E-state index contributed by atoms with van der Waals surface area (Å²) in [7, 11) is 0. The number of aliphatic hydroxyl groups excluding tert-OH is 1. The Morgan fingerprint density at radius 2 is 2.11 bits per heavy atom. The fourth-order valence-electron chi connectivity index (χ4n) is 2.81. The smallest absolute Gasteiger partial charge is 0.104 e. The van der Waals surface area contributed by atoms with E-state index >= 15 is 0 Å². The first-order chi connectivity index (χ1) is 9.09. The second-order valence-corrected chi connectivity index (χ2v) is 6.22. The van der Waals surface area contributed by atoms with Crippen LogP contribution in [0, 0.1) is 0 Å². The molecule has 19 heavy (non-hydrogen) atoms. The molecule has 1 aromatic heterocycles. The fraction of sp³-hybridized carbons (Fsp3) is 0.400. The molecule has 0 saturated heterocycles. The number of benzene rings is 1. The van der Waals surface area contributed by atoms with Crippen LogP contribution in [0.4, 0.5) is 0 Å². The molecule has 0 spiro atoms. The third kappa shape index (κ3) is 2.03. The molecule has 2 aromatic rings. The zero-order chi connectivity index (χ0) is 13.6. The van der Waals surface area contributed by atoms with Crippen LogP contribution in [0.2, 0.25) is 0 Å². The molecule has 0 aliphatic heterocycles. The third-order valence-corrected chi connectivity index (χ3v) is 4.44. The quantitative estimate of drug-likeness (QED) is 0.938. The van der Waals surface area contributed by atoms with Crippen molar-refractivity contribution >= 4 is 15.9 Å². The predicted molar refractivity (Wildman–Crippen MR) is 78.2 cm³/mol. The lowest BCUT2D eigenvalue weighted by atomic mass is 9.74. The van der Waals surface area contributed by atoms with Gasteiger partial charge >= 0.3 is 0 Å². The van der Waals surface area contributed by atoms with Crippen molar-refractivity contribution in [2.75, 3.05) is 0 Å². The normalized spacial score (nSPS) is 19.1. The maximum absolute atomic E-state index is 10.7. The lowest BCUT2D eigenvalue weighted by Crippen LogP contribution is -2.26. The fourth-order valence-corrected chi connectivity index (χ4v) is 3.32. The molecule has 3 rings (SSSR count). The van der Waals surface area contributed by atoms with Crippen molar-refractivity contribution < 1.29 is 5.11 Å². The van der Waals surface area contributed by atoms with Gasteiger partial charge in [0, 0.05) is 12.0 Å². The second-order valence-electron chi connectivity index (χ2n) is 5.37. The first-order valence-corrected chi connectivity index (χ1v) is 7.37. The van der Waals surface area contributed by atoms with Crippen LogP contribution >= 0.6 is 15.9 Å². The number of halogens is 1. The Labute approximate surface area is 121 Å². The van der Waals surface area contributed by atoms with Gasteiger partial charge in [0.2, 0.25) is 0 Å². The average Bonchev–Trinajstić information content (AvgIpc) is 2.72. The molecule has 1 heterocycles. The van der Waals surface area contributed by atoms with E-state index in [-0.39, 0.29) is 12.0 Å². The van der Waals surface area contributed by atoms with E-state index in [1.165, 1.54) is 11.1 Å². The largest absolute Gasteiger partial charge is 0.386 e. The standard InChI is InChI=1S/C15H17BrN2O/c1-9(2)18-14(13(16)8-17-18)15(19)12-7-10-5-3-4-6-11(10)12/h3-6,8-9,12,15,19H,7H2,1-2H3. The molecule has 100 valence electrons. The highest BCUT2D eigenvalue weighted by Gasteiger charge is 2.35. The molecule has 2 unspecified atom stereocenters. The van der Waals surface area contributed by atoms with Gasteiger partial charge in [0.15, 0.2) is 0 Å². The lowest BCUT2D eigenvalue weighted by Gasteiger charge is -2.34. The third-order valence-electron chi connectivity index (χ3n) is 3.83. The molecule has 2 atom stereocenters. The molecule has 1 aliphatic rings. The summed E-state index contributed by atoms with van der Waals surface area (Å²) in [6, 6.07) is 8.57. The van der Waals surface area contributed by atoms with Crippen molar-refractivity contribution in [2.45, 2.75) is 38.3 Å². The average molecular weight is 321 g/mol. The van der Waals surface area contributed by atoms with E-state index in [9.17, 15) is 5.11 Å². The van der Waals surface area contributed by atoms with Gasteiger partial charge in [-0.1, -0.05) is 24.3 Å². The molecule has 4 heteroatoms. The summed E-state index contributed by atoms with van der Waals surface area (Å²) in [5.74, 6) is 0.182. The Bertz CT molecular complexity index is 606. The summed E-state index contributed by atoms with van der Waals surface area (Å²) in [6.07, 6.45) is 2.20. The van der Waals surface area contributed by atoms with E-state index < -0.39 is 6.10 Å². The van der Waals surface area contributed by atoms with E-state index in [1.54, 1.807) is 6.20 Å². The van der Waals surface area contributed by atoms with Crippen LogP contribution in [-0.4, -0.2) is 14.9 Å². The van der Waals surface area contributed by atoms with Crippen molar-refractivity contribution in [2.24, 2.45) is 0 Å². The van der Waals surface area contributed by atoms with Gasteiger partial charge in [-0.15, -0.1) is 0 Å². The Morgan fingerprint density at radius 3 is 2.79 bits per heavy atom. The van der Waals surface area contributed by atoms with Gasteiger partial charge in [-0.3, -0.25) is 4.68 Å². The van der Waals surface area contributed by atoms with Gasteiger partial charge in [0.1, 0.15) is 6.10 Å². The summed E-state index contributed by atoms with van der Waals surface area (Å²) in [5, 5.41) is 15.0. The van der Waals surface area contributed by atoms with Gasteiger partial charge in [-0.25, -0.2) is 0 Å². The van der Waals surface area contributed by atoms with E-state index in [0.29, 0.717) is 0 Å². The molecular weight excluding hydrogens is 304 g/mol. The molecule has 3 nitrogen and oxygen atoms in total. The molecule has 0 saturated carbocycles. The monoisotopic (exact) mass is 320 g/mol. The maximum atomic E-state index is 10.7. The molecule has 1 N–H and O–H groups in total. The maximum Gasteiger partial charge on any atom is 0.104 e. The first kappa shape index (κ1) is 12.9. The number of aliphatic hydroxyl groups is 1. The van der Waals surface area contributed by atoms with Gasteiger partial charge < -0.3 is 5.11 Å². The van der Waals surface area contributed by atoms with Crippen LogP contribution in [0.3, 0.4) is 0 Å². The Kier molecular flexibility index (Phi) is 3.23. The summed E-state index contributed by atoms with van der Waals surface area (Å²) in [4.78, 5) is 0. The van der Waals surface area contributed by atoms with Crippen molar-refractivity contribution in [1.82, 2.24) is 9.78 Å². The molecule has 0 amide bonds. The number of hydrogen-bond donors (Lipinski definition) is 1. The minimum atomic E-state index is -0.505. The van der Waals surface area contributed by atoms with Crippen LogP contribution in [-0.2, 0) is 6.42 Å². The number of hydrogen-bond acceptors (Lipinski definition) is 2. The van der Waals surface area contributed by atoms with Crippen molar-refractivity contribution in [3.8, 4) is 0 Å². The van der Waals surface area contributed by atoms with Gasteiger partial charge in [-0.05, 0) is 47.3 Å². The number of fused-ring (bicyclic) bond motifs is 1. The SMILES string of the molecule is CC(C)n1ncc(Br)c1C(O)C1Cc2ccccc21. The van der Waals surface area contributed by atoms with Crippen molar-refractivity contribution in [3.63, 3.8) is 0 Å². The summed E-state index contributed by atoms with van der Waals surface area (Å²) < 4.78 is 2.79. The van der Waals surface area contributed by atoms with Crippen LogP contribution in [0.1, 0.15) is 48.7 Å². The van der Waals surface area contributed by atoms with Gasteiger partial charge in [0.25, 0.3) is 0 Å². The summed E-state index contributed by atoms with van der Waals surface area (Å²) >= 11 is 3.50. The van der Waals surface area contributed by atoms with E-state index in [2.05, 4.69) is 53.1 Å². The van der Waals surface area contributed by atoms with Crippen LogP contribution in [0.5, 0.6) is 0 Å². The first-order valence-electron chi connectivity index (χ1n) is 6.58. The minimum absolute atomic E-state index is 0.182. The molecule has 0 radical (unpaired) electrons. The zero-order valence-corrected chi connectivity index (χ0v) is 12.6. The minimum Gasteiger partial charge on any atom is -0.386 e. The Morgan fingerprint density at radius 1 is 1.37 bits per heavy atom. The van der Waals surface area contributed by atoms with Gasteiger partial charge in [-0.2, -0.15) is 5.10 Å². The predicted octanol–water partition coefficient (Wildman–Crippen LogP) is 3.60. The van der Waals surface area contributed by atoms with E-state index in [4.69, 9.17) is 0 Å². The Balaban J connectivity index is 1.94. The molecular formula is C15H17BrN2O.